The molecule has 6 heteroatoms. The molecule has 1 saturated carbocycles. The molecule has 3 N–H and O–H groups in total. The van der Waals surface area contributed by atoms with Crippen LogP contribution in [0.1, 0.15) is 70.6 Å². The van der Waals surface area contributed by atoms with Gasteiger partial charge in [-0.2, -0.15) is 0 Å². The van der Waals surface area contributed by atoms with Crippen LogP contribution >= 0.6 is 12.4 Å². The second kappa shape index (κ2) is 11.7. The fraction of sp³-hybridized carbons (Fsp3) is 0.889. The molecule has 24 heavy (non-hydrogen) atoms. The van der Waals surface area contributed by atoms with Crippen LogP contribution in [0.4, 0.5) is 0 Å². The minimum Gasteiger partial charge on any atom is -0.354 e. The van der Waals surface area contributed by atoms with Gasteiger partial charge in [0, 0.05) is 38.5 Å². The summed E-state index contributed by atoms with van der Waals surface area (Å²) in [5.74, 6) is 1.03. The average Bonchev–Trinajstić information content (AvgIpc) is 2.59. The topological polar surface area (TPSA) is 75.4 Å². The van der Waals surface area contributed by atoms with Crippen molar-refractivity contribution in [3.8, 4) is 0 Å². The van der Waals surface area contributed by atoms with Gasteiger partial charge in [-0.05, 0) is 31.6 Å². The van der Waals surface area contributed by atoms with E-state index < -0.39 is 0 Å². The van der Waals surface area contributed by atoms with Crippen molar-refractivity contribution < 1.29 is 9.59 Å². The second-order valence-corrected chi connectivity index (χ2v) is 7.12. The molecule has 0 aromatic heterocycles. The number of piperidine rings is 1. The summed E-state index contributed by atoms with van der Waals surface area (Å²) in [5.41, 5.74) is 5.40. The predicted molar refractivity (Wildman–Crippen MR) is 99.1 cm³/mol. The zero-order valence-corrected chi connectivity index (χ0v) is 15.6. The quantitative estimate of drug-likeness (QED) is 0.733. The van der Waals surface area contributed by atoms with E-state index in [1.807, 2.05) is 4.90 Å². The molecular weight excluding hydrogens is 326 g/mol. The SMILES string of the molecule is Cl.NCCC(=O)NCC1CCCCN1C(=O)CCC1CCCCC1. The van der Waals surface area contributed by atoms with Crippen molar-refractivity contribution in [3.63, 3.8) is 0 Å². The molecule has 0 aromatic carbocycles. The maximum atomic E-state index is 12.6. The summed E-state index contributed by atoms with van der Waals surface area (Å²) >= 11 is 0. The highest BCUT2D eigenvalue weighted by Gasteiger charge is 2.27. The minimum atomic E-state index is -0.00678. The van der Waals surface area contributed by atoms with Gasteiger partial charge in [0.1, 0.15) is 0 Å². The lowest BCUT2D eigenvalue weighted by molar-refractivity contribution is -0.135. The van der Waals surface area contributed by atoms with Gasteiger partial charge in [-0.15, -0.1) is 12.4 Å². The van der Waals surface area contributed by atoms with Crippen LogP contribution in [0.5, 0.6) is 0 Å². The Labute approximate surface area is 152 Å². The van der Waals surface area contributed by atoms with Crippen LogP contribution in [0.15, 0.2) is 0 Å². The van der Waals surface area contributed by atoms with Gasteiger partial charge in [-0.1, -0.05) is 32.1 Å². The molecule has 140 valence electrons. The molecule has 0 spiro atoms. The highest BCUT2D eigenvalue weighted by molar-refractivity contribution is 5.85. The normalized spacial score (nSPS) is 21.9. The molecule has 0 radical (unpaired) electrons. The Hall–Kier alpha value is -0.810. The van der Waals surface area contributed by atoms with Crippen molar-refractivity contribution in [3.05, 3.63) is 0 Å². The van der Waals surface area contributed by atoms with Gasteiger partial charge in [0.25, 0.3) is 0 Å². The van der Waals surface area contributed by atoms with Gasteiger partial charge in [-0.3, -0.25) is 9.59 Å². The highest BCUT2D eigenvalue weighted by atomic mass is 35.5. The Kier molecular flexibility index (Phi) is 10.3. The van der Waals surface area contributed by atoms with Gasteiger partial charge in [0.2, 0.25) is 11.8 Å². The summed E-state index contributed by atoms with van der Waals surface area (Å²) in [5, 5.41) is 2.93. The summed E-state index contributed by atoms with van der Waals surface area (Å²) in [7, 11) is 0. The van der Waals surface area contributed by atoms with E-state index >= 15 is 0 Å². The van der Waals surface area contributed by atoms with Gasteiger partial charge in [0.05, 0.1) is 0 Å². The molecule has 1 saturated heterocycles. The lowest BCUT2D eigenvalue weighted by Gasteiger charge is -2.36. The van der Waals surface area contributed by atoms with Crippen LogP contribution in [0, 0.1) is 5.92 Å². The van der Waals surface area contributed by atoms with Crippen molar-refractivity contribution in [1.82, 2.24) is 10.2 Å². The molecule has 5 nitrogen and oxygen atoms in total. The summed E-state index contributed by atoms with van der Waals surface area (Å²) in [4.78, 5) is 26.2. The predicted octanol–water partition coefficient (Wildman–Crippen LogP) is 2.61. The largest absolute Gasteiger partial charge is 0.354 e. The van der Waals surface area contributed by atoms with E-state index in [1.54, 1.807) is 0 Å². The number of nitrogens with one attached hydrogen (secondary N) is 1. The minimum absolute atomic E-state index is 0. The Bertz CT molecular complexity index is 386. The van der Waals surface area contributed by atoms with E-state index in [0.717, 1.165) is 38.1 Å². The van der Waals surface area contributed by atoms with Crippen molar-refractivity contribution in [2.45, 2.75) is 76.7 Å². The zero-order chi connectivity index (χ0) is 16.5. The third-order valence-electron chi connectivity index (χ3n) is 5.34. The van der Waals surface area contributed by atoms with E-state index in [9.17, 15) is 9.59 Å². The number of halogens is 1. The number of nitrogens with two attached hydrogens (primary N) is 1. The molecular formula is C18H34ClN3O2. The van der Waals surface area contributed by atoms with Crippen LogP contribution < -0.4 is 11.1 Å². The molecule has 2 aliphatic rings. The molecule has 1 atom stereocenters. The Morgan fingerprint density at radius 3 is 2.42 bits per heavy atom. The van der Waals surface area contributed by atoms with Crippen LogP contribution in [-0.4, -0.2) is 42.4 Å². The Balaban J connectivity index is 0.00000288. The van der Waals surface area contributed by atoms with Crippen LogP contribution in [0.2, 0.25) is 0 Å². The highest BCUT2D eigenvalue weighted by Crippen LogP contribution is 2.28. The molecule has 1 aliphatic carbocycles. The van der Waals surface area contributed by atoms with Crippen molar-refractivity contribution >= 4 is 24.2 Å². The van der Waals surface area contributed by atoms with E-state index in [1.165, 1.54) is 32.1 Å². The average molecular weight is 360 g/mol. The number of carbonyl (C=O) groups excluding carboxylic acids is 2. The third-order valence-corrected chi connectivity index (χ3v) is 5.34. The fourth-order valence-electron chi connectivity index (χ4n) is 3.94. The second-order valence-electron chi connectivity index (χ2n) is 7.12. The zero-order valence-electron chi connectivity index (χ0n) is 14.8. The fourth-order valence-corrected chi connectivity index (χ4v) is 3.94. The van der Waals surface area contributed by atoms with Crippen molar-refractivity contribution in [2.75, 3.05) is 19.6 Å². The number of rotatable bonds is 7. The number of amides is 2. The van der Waals surface area contributed by atoms with Crippen LogP contribution in [0.25, 0.3) is 0 Å². The van der Waals surface area contributed by atoms with Crippen molar-refractivity contribution in [2.24, 2.45) is 11.7 Å². The molecule has 2 fully saturated rings. The summed E-state index contributed by atoms with van der Waals surface area (Å²) in [6.45, 7) is 1.80. The molecule has 2 rings (SSSR count). The maximum absolute atomic E-state index is 12.6. The maximum Gasteiger partial charge on any atom is 0.222 e. The van der Waals surface area contributed by atoms with E-state index in [-0.39, 0.29) is 30.3 Å². The number of carbonyl (C=O) groups is 2. The molecule has 2 amide bonds. The molecule has 0 aromatic rings. The number of hydrogen-bond acceptors (Lipinski definition) is 3. The third kappa shape index (κ3) is 6.98. The Morgan fingerprint density at radius 2 is 1.71 bits per heavy atom. The first kappa shape index (κ1) is 21.2. The monoisotopic (exact) mass is 359 g/mol. The number of likely N-dealkylation sites (tertiary alicyclic amines) is 1. The van der Waals surface area contributed by atoms with Crippen molar-refractivity contribution in [1.29, 1.82) is 0 Å². The number of hydrogen-bond donors (Lipinski definition) is 2. The summed E-state index contributed by atoms with van der Waals surface area (Å²) in [6.07, 6.45) is 11.9. The first-order valence-corrected chi connectivity index (χ1v) is 9.47. The van der Waals surface area contributed by atoms with E-state index in [0.29, 0.717) is 25.9 Å². The van der Waals surface area contributed by atoms with Gasteiger partial charge in [-0.25, -0.2) is 0 Å². The molecule has 1 aliphatic heterocycles. The summed E-state index contributed by atoms with van der Waals surface area (Å²) < 4.78 is 0. The summed E-state index contributed by atoms with van der Waals surface area (Å²) in [6, 6.07) is 0.171. The molecule has 1 unspecified atom stereocenters. The van der Waals surface area contributed by atoms with Crippen LogP contribution in [-0.2, 0) is 9.59 Å². The van der Waals surface area contributed by atoms with Gasteiger partial charge >= 0.3 is 0 Å². The van der Waals surface area contributed by atoms with Crippen LogP contribution in [0.3, 0.4) is 0 Å². The van der Waals surface area contributed by atoms with Gasteiger partial charge < -0.3 is 16.0 Å². The lowest BCUT2D eigenvalue weighted by atomic mass is 9.86. The first-order chi connectivity index (χ1) is 11.2. The lowest BCUT2D eigenvalue weighted by Crippen LogP contribution is -2.49. The van der Waals surface area contributed by atoms with E-state index in [2.05, 4.69) is 5.32 Å². The van der Waals surface area contributed by atoms with E-state index in [4.69, 9.17) is 5.73 Å². The smallest absolute Gasteiger partial charge is 0.222 e. The van der Waals surface area contributed by atoms with Gasteiger partial charge in [0.15, 0.2) is 0 Å². The number of nitrogens with zero attached hydrogens (tertiary/aromatic N) is 1. The molecule has 1 heterocycles. The molecule has 0 bridgehead atoms. The Morgan fingerprint density at radius 1 is 1.00 bits per heavy atom. The first-order valence-electron chi connectivity index (χ1n) is 9.47. The standard InChI is InChI=1S/C18H33N3O2.ClH/c19-12-11-17(22)20-14-16-8-4-5-13-21(16)18(23)10-9-15-6-2-1-3-7-15;/h15-16H,1-14,19H2,(H,20,22);1H.